The van der Waals surface area contributed by atoms with Crippen LogP contribution in [-0.4, -0.2) is 78.3 Å². The molecule has 2 heterocycles. The Morgan fingerprint density at radius 3 is 2.66 bits per heavy atom. The van der Waals surface area contributed by atoms with Gasteiger partial charge in [-0.25, -0.2) is 4.98 Å². The highest BCUT2D eigenvalue weighted by Crippen LogP contribution is 2.19. The van der Waals surface area contributed by atoms with Gasteiger partial charge in [0.05, 0.1) is 6.54 Å². The SMILES string of the molecule is CN(C)C(=O)CN1CCCN(C(=O)c2csc(COc3ccc(Cl)cc3)n2)CC1. The van der Waals surface area contributed by atoms with Crippen LogP contribution in [0.15, 0.2) is 29.6 Å². The fourth-order valence-corrected chi connectivity index (χ4v) is 3.78. The molecule has 1 aromatic carbocycles. The molecule has 1 saturated heterocycles. The number of hydrogen-bond acceptors (Lipinski definition) is 6. The van der Waals surface area contributed by atoms with Crippen molar-refractivity contribution in [3.63, 3.8) is 0 Å². The van der Waals surface area contributed by atoms with Crippen molar-refractivity contribution in [2.24, 2.45) is 0 Å². The van der Waals surface area contributed by atoms with Crippen LogP contribution in [0.5, 0.6) is 5.75 Å². The predicted octanol–water partition coefficient (Wildman–Crippen LogP) is 2.61. The zero-order chi connectivity index (χ0) is 20.8. The van der Waals surface area contributed by atoms with E-state index >= 15 is 0 Å². The molecule has 0 bridgehead atoms. The van der Waals surface area contributed by atoms with E-state index in [1.165, 1.54) is 11.3 Å². The summed E-state index contributed by atoms with van der Waals surface area (Å²) in [6.45, 7) is 3.44. The first kappa shape index (κ1) is 21.5. The largest absolute Gasteiger partial charge is 0.486 e. The van der Waals surface area contributed by atoms with Crippen molar-refractivity contribution in [3.05, 3.63) is 45.4 Å². The molecule has 0 unspecified atom stereocenters. The molecule has 0 aliphatic carbocycles. The number of benzene rings is 1. The lowest BCUT2D eigenvalue weighted by Gasteiger charge is -2.22. The van der Waals surface area contributed by atoms with E-state index in [2.05, 4.69) is 9.88 Å². The first-order valence-corrected chi connectivity index (χ1v) is 10.7. The first-order chi connectivity index (χ1) is 13.9. The summed E-state index contributed by atoms with van der Waals surface area (Å²) in [4.78, 5) is 34.7. The Balaban J connectivity index is 1.52. The third kappa shape index (κ3) is 6.16. The third-order valence-corrected chi connectivity index (χ3v) is 5.75. The van der Waals surface area contributed by atoms with Crippen molar-refractivity contribution in [2.45, 2.75) is 13.0 Å². The first-order valence-electron chi connectivity index (χ1n) is 9.47. The maximum Gasteiger partial charge on any atom is 0.273 e. The van der Waals surface area contributed by atoms with Crippen LogP contribution >= 0.6 is 22.9 Å². The second kappa shape index (κ2) is 10.0. The number of carbonyl (C=O) groups excluding carboxylic acids is 2. The molecule has 9 heteroatoms. The van der Waals surface area contributed by atoms with Gasteiger partial charge in [-0.3, -0.25) is 14.5 Å². The van der Waals surface area contributed by atoms with Crippen LogP contribution in [0.1, 0.15) is 21.9 Å². The van der Waals surface area contributed by atoms with Gasteiger partial charge in [0.1, 0.15) is 23.1 Å². The number of rotatable bonds is 6. The number of halogens is 1. The maximum atomic E-state index is 12.8. The van der Waals surface area contributed by atoms with E-state index in [4.69, 9.17) is 16.3 Å². The molecule has 0 spiro atoms. The minimum atomic E-state index is -0.0696. The van der Waals surface area contributed by atoms with Crippen molar-refractivity contribution >= 4 is 34.8 Å². The standard InChI is InChI=1S/C20H25ClN4O3S/c1-23(2)19(26)12-24-8-3-9-25(11-10-24)20(27)17-14-29-18(22-17)13-28-16-6-4-15(21)5-7-16/h4-7,14H,3,8-13H2,1-2H3. The Morgan fingerprint density at radius 1 is 1.17 bits per heavy atom. The molecule has 0 saturated carbocycles. The van der Waals surface area contributed by atoms with Crippen LogP contribution in [0, 0.1) is 0 Å². The zero-order valence-electron chi connectivity index (χ0n) is 16.6. The quantitative estimate of drug-likeness (QED) is 0.696. The molecule has 29 heavy (non-hydrogen) atoms. The van der Waals surface area contributed by atoms with Crippen LogP contribution in [0.2, 0.25) is 5.02 Å². The molecule has 2 aromatic rings. The van der Waals surface area contributed by atoms with E-state index in [1.807, 2.05) is 4.90 Å². The van der Waals surface area contributed by atoms with E-state index in [-0.39, 0.29) is 11.8 Å². The van der Waals surface area contributed by atoms with Gasteiger partial charge in [0.25, 0.3) is 5.91 Å². The highest BCUT2D eigenvalue weighted by molar-refractivity contribution is 7.09. The molecule has 1 aromatic heterocycles. The lowest BCUT2D eigenvalue weighted by Crippen LogP contribution is -2.39. The summed E-state index contributed by atoms with van der Waals surface area (Å²) in [6, 6.07) is 7.13. The van der Waals surface area contributed by atoms with Crippen molar-refractivity contribution in [2.75, 3.05) is 46.8 Å². The van der Waals surface area contributed by atoms with E-state index in [0.717, 1.165) is 18.0 Å². The molecule has 1 aliphatic rings. The normalized spacial score (nSPS) is 15.1. The van der Waals surface area contributed by atoms with Crippen LogP contribution in [-0.2, 0) is 11.4 Å². The van der Waals surface area contributed by atoms with Gasteiger partial charge in [0.15, 0.2) is 0 Å². The van der Waals surface area contributed by atoms with Crippen LogP contribution in [0.3, 0.4) is 0 Å². The van der Waals surface area contributed by atoms with Gasteiger partial charge in [-0.15, -0.1) is 11.3 Å². The molecule has 0 atom stereocenters. The molecule has 0 radical (unpaired) electrons. The molecule has 3 rings (SSSR count). The van der Waals surface area contributed by atoms with Crippen molar-refractivity contribution in [3.8, 4) is 5.75 Å². The van der Waals surface area contributed by atoms with Crippen molar-refractivity contribution in [1.29, 1.82) is 0 Å². The van der Waals surface area contributed by atoms with Gasteiger partial charge in [-0.1, -0.05) is 11.6 Å². The maximum absolute atomic E-state index is 12.8. The smallest absolute Gasteiger partial charge is 0.273 e. The average molecular weight is 437 g/mol. The minimum Gasteiger partial charge on any atom is -0.486 e. The van der Waals surface area contributed by atoms with Crippen LogP contribution < -0.4 is 4.74 Å². The fourth-order valence-electron chi connectivity index (χ4n) is 2.98. The molecule has 1 fully saturated rings. The molecule has 156 valence electrons. The summed E-state index contributed by atoms with van der Waals surface area (Å²) >= 11 is 7.28. The fraction of sp³-hybridized carbons (Fsp3) is 0.450. The average Bonchev–Trinajstić information content (AvgIpc) is 3.06. The van der Waals surface area contributed by atoms with Gasteiger partial charge in [-0.05, 0) is 30.7 Å². The van der Waals surface area contributed by atoms with Gasteiger partial charge in [0.2, 0.25) is 5.91 Å². The van der Waals surface area contributed by atoms with Gasteiger partial charge in [0, 0.05) is 50.7 Å². The number of aromatic nitrogens is 1. The Hall–Kier alpha value is -2.16. The van der Waals surface area contributed by atoms with Crippen molar-refractivity contribution < 1.29 is 14.3 Å². The third-order valence-electron chi connectivity index (χ3n) is 4.68. The van der Waals surface area contributed by atoms with E-state index in [9.17, 15) is 9.59 Å². The van der Waals surface area contributed by atoms with Gasteiger partial charge < -0.3 is 14.5 Å². The topological polar surface area (TPSA) is 66.0 Å². The molecule has 1 aliphatic heterocycles. The van der Waals surface area contributed by atoms with E-state index in [1.54, 1.807) is 48.6 Å². The number of nitrogens with zero attached hydrogens (tertiary/aromatic N) is 4. The monoisotopic (exact) mass is 436 g/mol. The highest BCUT2D eigenvalue weighted by atomic mass is 35.5. The summed E-state index contributed by atoms with van der Waals surface area (Å²) in [5.74, 6) is 0.715. The molecule has 2 amide bonds. The second-order valence-electron chi connectivity index (χ2n) is 7.08. The predicted molar refractivity (Wildman–Crippen MR) is 114 cm³/mol. The number of hydrogen-bond donors (Lipinski definition) is 0. The number of likely N-dealkylation sites (N-methyl/N-ethyl adjacent to an activating group) is 1. The number of amides is 2. The lowest BCUT2D eigenvalue weighted by atomic mass is 10.3. The molecule has 0 N–H and O–H groups in total. The molecular formula is C20H25ClN4O3S. The van der Waals surface area contributed by atoms with Gasteiger partial charge in [-0.2, -0.15) is 0 Å². The van der Waals surface area contributed by atoms with Crippen LogP contribution in [0.4, 0.5) is 0 Å². The van der Waals surface area contributed by atoms with E-state index in [0.29, 0.717) is 49.3 Å². The van der Waals surface area contributed by atoms with Gasteiger partial charge >= 0.3 is 0 Å². The lowest BCUT2D eigenvalue weighted by molar-refractivity contribution is -0.129. The zero-order valence-corrected chi connectivity index (χ0v) is 18.2. The molecule has 7 nitrogen and oxygen atoms in total. The van der Waals surface area contributed by atoms with E-state index < -0.39 is 0 Å². The summed E-state index contributed by atoms with van der Waals surface area (Å²) in [5, 5.41) is 3.18. The van der Waals surface area contributed by atoms with Crippen molar-refractivity contribution in [1.82, 2.24) is 19.7 Å². The summed E-state index contributed by atoms with van der Waals surface area (Å²) < 4.78 is 5.70. The van der Waals surface area contributed by atoms with Crippen LogP contribution in [0.25, 0.3) is 0 Å². The molecular weight excluding hydrogens is 412 g/mol. The summed E-state index contributed by atoms with van der Waals surface area (Å²) in [5.41, 5.74) is 0.447. The minimum absolute atomic E-state index is 0.0696. The number of thiazole rings is 1. The second-order valence-corrected chi connectivity index (χ2v) is 8.46. The Bertz CT molecular complexity index is 841. The summed E-state index contributed by atoms with van der Waals surface area (Å²) in [6.07, 6.45) is 0.836. The summed E-state index contributed by atoms with van der Waals surface area (Å²) in [7, 11) is 3.51. The highest BCUT2D eigenvalue weighted by Gasteiger charge is 2.23. The number of ether oxygens (including phenoxy) is 1. The Labute approximate surface area is 179 Å². The Kier molecular flexibility index (Phi) is 7.46. The number of carbonyl (C=O) groups is 2. The Morgan fingerprint density at radius 2 is 1.93 bits per heavy atom.